The van der Waals surface area contributed by atoms with E-state index in [1.807, 2.05) is 0 Å². The highest BCUT2D eigenvalue weighted by Gasteiger charge is 1.87. The third-order valence-corrected chi connectivity index (χ3v) is 1.16. The maximum Gasteiger partial charge on any atom is 0.300 e. The van der Waals surface area contributed by atoms with Crippen LogP contribution in [0.2, 0.25) is 0 Å². The number of aliphatic carboxylic acids is 4. The Hall–Kier alpha value is -2.46. The Bertz CT molecular complexity index is 272. The first-order valence-corrected chi connectivity index (χ1v) is 6.36. The van der Waals surface area contributed by atoms with Crippen LogP contribution in [0, 0.1) is 0 Å². The summed E-state index contributed by atoms with van der Waals surface area (Å²) in [5, 5.41) is 29.7. The molecule has 10 N–H and O–H groups in total. The summed E-state index contributed by atoms with van der Waals surface area (Å²) in [5.74, 6) is -3.33. The fraction of sp³-hybridized carbons (Fsp3) is 0.571. The average molecular weight is 356 g/mol. The van der Waals surface area contributed by atoms with Crippen molar-refractivity contribution in [3.63, 3.8) is 0 Å². The molecular formula is C14H32N2O8. The number of hydrogen-bond acceptors (Lipinski definition) is 6. The SMILES string of the molecule is C1=CCCCC1.CC(=O)O.CC(=O)O.CC(=O)O.CC(=O)O.N.N. The van der Waals surface area contributed by atoms with Gasteiger partial charge in [0, 0.05) is 27.7 Å². The van der Waals surface area contributed by atoms with E-state index in [1.54, 1.807) is 0 Å². The van der Waals surface area contributed by atoms with E-state index in [-0.39, 0.29) is 12.3 Å². The van der Waals surface area contributed by atoms with Gasteiger partial charge >= 0.3 is 0 Å². The smallest absolute Gasteiger partial charge is 0.300 e. The second kappa shape index (κ2) is 32.5. The first-order valence-electron chi connectivity index (χ1n) is 6.36. The Kier molecular flexibility index (Phi) is 50.9. The van der Waals surface area contributed by atoms with E-state index >= 15 is 0 Å². The van der Waals surface area contributed by atoms with Crippen LogP contribution in [0.3, 0.4) is 0 Å². The highest BCUT2D eigenvalue weighted by molar-refractivity contribution is 5.63. The van der Waals surface area contributed by atoms with Gasteiger partial charge in [0.1, 0.15) is 0 Å². The molecule has 0 aliphatic heterocycles. The van der Waals surface area contributed by atoms with E-state index in [4.69, 9.17) is 39.6 Å². The first kappa shape index (κ1) is 37.6. The van der Waals surface area contributed by atoms with Gasteiger partial charge in [-0.2, -0.15) is 0 Å². The van der Waals surface area contributed by atoms with E-state index < -0.39 is 23.9 Å². The van der Waals surface area contributed by atoms with Crippen molar-refractivity contribution >= 4 is 23.9 Å². The number of carboxylic acids is 4. The van der Waals surface area contributed by atoms with Crippen molar-refractivity contribution in [1.29, 1.82) is 0 Å². The second-order valence-electron chi connectivity index (χ2n) is 3.83. The van der Waals surface area contributed by atoms with Crippen LogP contribution in [0.1, 0.15) is 53.4 Å². The highest BCUT2D eigenvalue weighted by Crippen LogP contribution is 2.07. The summed E-state index contributed by atoms with van der Waals surface area (Å²) >= 11 is 0. The van der Waals surface area contributed by atoms with E-state index in [0.29, 0.717) is 0 Å². The summed E-state index contributed by atoms with van der Waals surface area (Å²) in [7, 11) is 0. The van der Waals surface area contributed by atoms with Crippen LogP contribution in [0.5, 0.6) is 0 Å². The van der Waals surface area contributed by atoms with Crippen LogP contribution in [0.25, 0.3) is 0 Å². The highest BCUT2D eigenvalue weighted by atomic mass is 16.4. The predicted molar refractivity (Wildman–Crippen MR) is 90.9 cm³/mol. The first-order chi connectivity index (χ1) is 9.93. The van der Waals surface area contributed by atoms with E-state index in [1.165, 1.54) is 25.7 Å². The maximum absolute atomic E-state index is 9.00. The molecule has 0 atom stereocenters. The monoisotopic (exact) mass is 356 g/mol. The standard InChI is InChI=1S/C6H10.4C2H4O2.2H3N/c1-2-4-6-5-3-1;4*1-2(3)4;;/h1-2H,3-6H2;4*1H3,(H,3,4);2*1H3. The third-order valence-electron chi connectivity index (χ3n) is 1.16. The molecule has 0 bridgehead atoms. The largest absolute Gasteiger partial charge is 0.481 e. The lowest BCUT2D eigenvalue weighted by Crippen LogP contribution is -1.78. The Morgan fingerprint density at radius 3 is 0.750 bits per heavy atom. The van der Waals surface area contributed by atoms with Gasteiger partial charge in [0.25, 0.3) is 23.9 Å². The van der Waals surface area contributed by atoms with Crippen molar-refractivity contribution in [2.75, 3.05) is 0 Å². The van der Waals surface area contributed by atoms with Crippen LogP contribution < -0.4 is 12.3 Å². The topological polar surface area (TPSA) is 219 Å². The Morgan fingerprint density at radius 1 is 0.583 bits per heavy atom. The minimum atomic E-state index is -0.833. The molecule has 0 spiro atoms. The van der Waals surface area contributed by atoms with Crippen molar-refractivity contribution in [2.45, 2.75) is 53.4 Å². The van der Waals surface area contributed by atoms with Crippen LogP contribution in [-0.2, 0) is 19.2 Å². The summed E-state index contributed by atoms with van der Waals surface area (Å²) in [5.41, 5.74) is 0. The van der Waals surface area contributed by atoms with Gasteiger partial charge in [-0.15, -0.1) is 0 Å². The summed E-state index contributed by atoms with van der Waals surface area (Å²) in [6, 6.07) is 0. The van der Waals surface area contributed by atoms with E-state index in [2.05, 4.69) is 12.2 Å². The third kappa shape index (κ3) is 536. The zero-order valence-electron chi connectivity index (χ0n) is 14.8. The molecule has 1 rings (SSSR count). The quantitative estimate of drug-likeness (QED) is 0.348. The number of hydrogen-bond donors (Lipinski definition) is 6. The average Bonchev–Trinajstić information content (AvgIpc) is 2.28. The number of carbonyl (C=O) groups is 4. The Balaban J connectivity index is -0.0000000420. The molecule has 0 unspecified atom stereocenters. The minimum Gasteiger partial charge on any atom is -0.481 e. The molecule has 0 aromatic rings. The van der Waals surface area contributed by atoms with Gasteiger partial charge in [-0.1, -0.05) is 12.2 Å². The number of allylic oxidation sites excluding steroid dienone is 2. The van der Waals surface area contributed by atoms with Crippen molar-refractivity contribution < 1.29 is 39.6 Å². The lowest BCUT2D eigenvalue weighted by Gasteiger charge is -1.97. The fourth-order valence-corrected chi connectivity index (χ4v) is 0.760. The maximum atomic E-state index is 9.00. The molecule has 0 fully saturated rings. The molecule has 0 amide bonds. The predicted octanol–water partition coefficient (Wildman–Crippen LogP) is 2.80. The van der Waals surface area contributed by atoms with Gasteiger partial charge in [0.2, 0.25) is 0 Å². The van der Waals surface area contributed by atoms with E-state index in [0.717, 1.165) is 27.7 Å². The molecule has 0 aromatic carbocycles. The van der Waals surface area contributed by atoms with Crippen molar-refractivity contribution in [2.24, 2.45) is 0 Å². The molecule has 10 nitrogen and oxygen atoms in total. The van der Waals surface area contributed by atoms with Gasteiger partial charge in [0.05, 0.1) is 0 Å². The molecular weight excluding hydrogens is 324 g/mol. The van der Waals surface area contributed by atoms with Crippen LogP contribution in [0.4, 0.5) is 0 Å². The van der Waals surface area contributed by atoms with Crippen LogP contribution in [-0.4, -0.2) is 44.3 Å². The fourth-order valence-electron chi connectivity index (χ4n) is 0.760. The van der Waals surface area contributed by atoms with Gasteiger partial charge in [0.15, 0.2) is 0 Å². The van der Waals surface area contributed by atoms with Gasteiger partial charge in [-0.3, -0.25) is 19.2 Å². The number of rotatable bonds is 0. The van der Waals surface area contributed by atoms with E-state index in [9.17, 15) is 0 Å². The van der Waals surface area contributed by atoms with Gasteiger partial charge < -0.3 is 32.7 Å². The molecule has 10 heteroatoms. The van der Waals surface area contributed by atoms with Crippen molar-refractivity contribution in [3.8, 4) is 0 Å². The lowest BCUT2D eigenvalue weighted by molar-refractivity contribution is -0.135. The molecule has 24 heavy (non-hydrogen) atoms. The molecule has 0 aromatic heterocycles. The van der Waals surface area contributed by atoms with Crippen LogP contribution >= 0.6 is 0 Å². The summed E-state index contributed by atoms with van der Waals surface area (Å²) < 4.78 is 0. The van der Waals surface area contributed by atoms with Crippen LogP contribution in [0.15, 0.2) is 12.2 Å². The summed E-state index contributed by atoms with van der Waals surface area (Å²) in [4.78, 5) is 36.0. The molecule has 0 radical (unpaired) electrons. The van der Waals surface area contributed by atoms with Gasteiger partial charge in [-0.25, -0.2) is 0 Å². The molecule has 1 aliphatic carbocycles. The molecule has 0 saturated heterocycles. The zero-order valence-corrected chi connectivity index (χ0v) is 14.8. The van der Waals surface area contributed by atoms with Crippen molar-refractivity contribution in [3.05, 3.63) is 12.2 Å². The zero-order chi connectivity index (χ0) is 18.6. The van der Waals surface area contributed by atoms with Gasteiger partial charge in [-0.05, 0) is 25.7 Å². The molecule has 146 valence electrons. The molecule has 0 saturated carbocycles. The second-order valence-corrected chi connectivity index (χ2v) is 3.83. The summed E-state index contributed by atoms with van der Waals surface area (Å²) in [6.07, 6.45) is 10.0. The number of carboxylic acid groups (broad SMARTS) is 4. The Morgan fingerprint density at radius 2 is 0.708 bits per heavy atom. The molecule has 1 aliphatic rings. The molecule has 0 heterocycles. The summed E-state index contributed by atoms with van der Waals surface area (Å²) in [6.45, 7) is 4.33. The Labute approximate surface area is 142 Å². The normalized spacial score (nSPS) is 9.50. The van der Waals surface area contributed by atoms with Crippen molar-refractivity contribution in [1.82, 2.24) is 12.3 Å². The minimum absolute atomic E-state index is 0. The lowest BCUT2D eigenvalue weighted by atomic mass is 10.1.